The van der Waals surface area contributed by atoms with Crippen molar-refractivity contribution in [2.45, 2.75) is 13.1 Å². The highest BCUT2D eigenvalue weighted by Crippen LogP contribution is 2.27. The van der Waals surface area contributed by atoms with Gasteiger partial charge in [0.1, 0.15) is 11.5 Å². The zero-order valence-corrected chi connectivity index (χ0v) is 13.9. The van der Waals surface area contributed by atoms with Crippen molar-refractivity contribution in [1.82, 2.24) is 15.1 Å². The van der Waals surface area contributed by atoms with E-state index in [4.69, 9.17) is 9.52 Å². The molecule has 0 fully saturated rings. The van der Waals surface area contributed by atoms with Crippen molar-refractivity contribution >= 4 is 11.3 Å². The monoisotopic (exact) mass is 335 g/mol. The van der Waals surface area contributed by atoms with Gasteiger partial charge in [0.25, 0.3) is 0 Å². The number of hydrogen-bond acceptors (Lipinski definition) is 4. The summed E-state index contributed by atoms with van der Waals surface area (Å²) in [5.74, 6) is 0.933. The second-order valence-corrected chi connectivity index (χ2v) is 6.39. The van der Waals surface area contributed by atoms with Crippen LogP contribution < -0.4 is 5.32 Å². The van der Waals surface area contributed by atoms with Crippen LogP contribution in [-0.4, -0.2) is 9.78 Å². The first-order chi connectivity index (χ1) is 11.9. The first-order valence-electron chi connectivity index (χ1n) is 7.81. The van der Waals surface area contributed by atoms with E-state index in [2.05, 4.69) is 41.2 Å². The van der Waals surface area contributed by atoms with Crippen LogP contribution in [0.1, 0.15) is 11.3 Å². The van der Waals surface area contributed by atoms with Gasteiger partial charge in [0.15, 0.2) is 0 Å². The number of hydrogen-bond donors (Lipinski definition) is 1. The lowest BCUT2D eigenvalue weighted by atomic mass is 10.2. The minimum absolute atomic E-state index is 0.702. The van der Waals surface area contributed by atoms with Crippen molar-refractivity contribution in [2.75, 3.05) is 0 Å². The largest absolute Gasteiger partial charge is 0.468 e. The highest BCUT2D eigenvalue weighted by molar-refractivity contribution is 7.13. The molecule has 4 aromatic rings. The predicted octanol–water partition coefficient (Wildman–Crippen LogP) is 4.48. The van der Waals surface area contributed by atoms with Crippen LogP contribution in [0.4, 0.5) is 0 Å². The molecule has 120 valence electrons. The lowest BCUT2D eigenvalue weighted by Gasteiger charge is -2.02. The smallest absolute Gasteiger partial charge is 0.117 e. The Kier molecular flexibility index (Phi) is 4.27. The zero-order chi connectivity index (χ0) is 16.2. The average Bonchev–Trinajstić information content (AvgIpc) is 3.37. The maximum absolute atomic E-state index is 5.37. The van der Waals surface area contributed by atoms with Gasteiger partial charge < -0.3 is 9.73 Å². The van der Waals surface area contributed by atoms with Gasteiger partial charge in [0.2, 0.25) is 0 Å². The first-order valence-corrected chi connectivity index (χ1v) is 8.69. The van der Waals surface area contributed by atoms with Crippen LogP contribution in [0, 0.1) is 0 Å². The summed E-state index contributed by atoms with van der Waals surface area (Å²) >= 11 is 1.71. The molecule has 0 bridgehead atoms. The molecule has 0 aliphatic heterocycles. The Morgan fingerprint density at radius 3 is 2.67 bits per heavy atom. The van der Waals surface area contributed by atoms with Gasteiger partial charge in [0, 0.05) is 18.3 Å². The molecule has 0 saturated heterocycles. The molecule has 0 aliphatic rings. The number of benzene rings is 1. The van der Waals surface area contributed by atoms with Crippen molar-refractivity contribution in [3.8, 4) is 16.3 Å². The summed E-state index contributed by atoms with van der Waals surface area (Å²) in [6.45, 7) is 1.44. The van der Waals surface area contributed by atoms with E-state index in [9.17, 15) is 0 Å². The quantitative estimate of drug-likeness (QED) is 0.565. The highest BCUT2D eigenvalue weighted by atomic mass is 32.1. The van der Waals surface area contributed by atoms with E-state index in [0.29, 0.717) is 6.54 Å². The number of rotatable bonds is 6. The zero-order valence-electron chi connectivity index (χ0n) is 13.1. The number of furan rings is 1. The molecular weight excluding hydrogens is 318 g/mol. The highest BCUT2D eigenvalue weighted by Gasteiger charge is 2.13. The second kappa shape index (κ2) is 6.86. The van der Waals surface area contributed by atoms with Crippen LogP contribution in [-0.2, 0) is 13.1 Å². The summed E-state index contributed by atoms with van der Waals surface area (Å²) in [6, 6.07) is 18.2. The molecule has 0 saturated carbocycles. The Morgan fingerprint density at radius 2 is 1.92 bits per heavy atom. The Bertz CT molecular complexity index is 880. The number of nitrogens with one attached hydrogen (secondary N) is 1. The van der Waals surface area contributed by atoms with Gasteiger partial charge in [-0.05, 0) is 35.7 Å². The van der Waals surface area contributed by atoms with Crippen LogP contribution in [0.25, 0.3) is 16.3 Å². The fourth-order valence-corrected chi connectivity index (χ4v) is 3.35. The van der Waals surface area contributed by atoms with Crippen molar-refractivity contribution in [3.05, 3.63) is 83.8 Å². The Hall–Kier alpha value is -2.63. The van der Waals surface area contributed by atoms with Crippen LogP contribution in [0.3, 0.4) is 0 Å². The van der Waals surface area contributed by atoms with Gasteiger partial charge in [-0.2, -0.15) is 5.10 Å². The van der Waals surface area contributed by atoms with E-state index in [0.717, 1.165) is 23.7 Å². The third-order valence-electron chi connectivity index (χ3n) is 3.76. The third kappa shape index (κ3) is 3.18. The van der Waals surface area contributed by atoms with Crippen LogP contribution in [0.15, 0.2) is 76.9 Å². The SMILES string of the molecule is c1ccc(-n2cc(CNCc3ccco3)c(-c3cccs3)n2)cc1. The summed E-state index contributed by atoms with van der Waals surface area (Å²) in [5, 5.41) is 10.3. The van der Waals surface area contributed by atoms with Crippen molar-refractivity contribution in [2.24, 2.45) is 0 Å². The van der Waals surface area contributed by atoms with Gasteiger partial charge in [-0.15, -0.1) is 11.3 Å². The molecule has 4 nitrogen and oxygen atoms in total. The Labute approximate surface area is 144 Å². The Morgan fingerprint density at radius 1 is 1.00 bits per heavy atom. The van der Waals surface area contributed by atoms with E-state index >= 15 is 0 Å². The number of para-hydroxylation sites is 1. The normalized spacial score (nSPS) is 11.0. The third-order valence-corrected chi connectivity index (χ3v) is 4.64. The number of aromatic nitrogens is 2. The van der Waals surface area contributed by atoms with Crippen LogP contribution >= 0.6 is 11.3 Å². The van der Waals surface area contributed by atoms with Gasteiger partial charge in [-0.1, -0.05) is 24.3 Å². The molecule has 3 heterocycles. The van der Waals surface area contributed by atoms with Crippen molar-refractivity contribution in [1.29, 1.82) is 0 Å². The summed E-state index contributed by atoms with van der Waals surface area (Å²) in [5.41, 5.74) is 3.27. The van der Waals surface area contributed by atoms with E-state index in [1.807, 2.05) is 35.0 Å². The molecule has 0 radical (unpaired) electrons. The molecular formula is C19H17N3OS. The molecule has 0 spiro atoms. The fraction of sp³-hybridized carbons (Fsp3) is 0.105. The van der Waals surface area contributed by atoms with Crippen molar-refractivity contribution in [3.63, 3.8) is 0 Å². The maximum atomic E-state index is 5.37. The van der Waals surface area contributed by atoms with Gasteiger partial charge in [-0.25, -0.2) is 4.68 Å². The van der Waals surface area contributed by atoms with Crippen LogP contribution in [0.2, 0.25) is 0 Å². The molecule has 4 rings (SSSR count). The predicted molar refractivity (Wildman–Crippen MR) is 96.1 cm³/mol. The Balaban J connectivity index is 1.60. The minimum atomic E-state index is 0.702. The molecule has 5 heteroatoms. The lowest BCUT2D eigenvalue weighted by Crippen LogP contribution is -2.12. The van der Waals surface area contributed by atoms with Gasteiger partial charge in [0.05, 0.1) is 23.4 Å². The number of nitrogens with zero attached hydrogens (tertiary/aromatic N) is 2. The maximum Gasteiger partial charge on any atom is 0.117 e. The molecule has 0 aliphatic carbocycles. The second-order valence-electron chi connectivity index (χ2n) is 5.44. The molecule has 24 heavy (non-hydrogen) atoms. The summed E-state index contributed by atoms with van der Waals surface area (Å²) < 4.78 is 7.31. The van der Waals surface area contributed by atoms with Crippen LogP contribution in [0.5, 0.6) is 0 Å². The van der Waals surface area contributed by atoms with Crippen molar-refractivity contribution < 1.29 is 4.42 Å². The molecule has 1 aromatic carbocycles. The molecule has 0 atom stereocenters. The summed E-state index contributed by atoms with van der Waals surface area (Å²) in [7, 11) is 0. The standard InChI is InChI=1S/C19H17N3OS/c1-2-6-16(7-3-1)22-14-15(12-20-13-17-8-4-10-23-17)19(21-22)18-9-5-11-24-18/h1-11,14,20H,12-13H2. The molecule has 0 unspecified atom stereocenters. The first kappa shape index (κ1) is 14.9. The molecule has 3 aromatic heterocycles. The summed E-state index contributed by atoms with van der Waals surface area (Å²) in [4.78, 5) is 1.18. The molecule has 1 N–H and O–H groups in total. The number of thiophene rings is 1. The van der Waals surface area contributed by atoms with E-state index in [1.165, 1.54) is 10.4 Å². The van der Waals surface area contributed by atoms with Gasteiger partial charge in [-0.3, -0.25) is 0 Å². The lowest BCUT2D eigenvalue weighted by molar-refractivity contribution is 0.483. The summed E-state index contributed by atoms with van der Waals surface area (Å²) in [6.07, 6.45) is 3.79. The topological polar surface area (TPSA) is 43.0 Å². The molecule has 0 amide bonds. The van der Waals surface area contributed by atoms with E-state index in [1.54, 1.807) is 17.6 Å². The van der Waals surface area contributed by atoms with E-state index < -0.39 is 0 Å². The average molecular weight is 335 g/mol. The van der Waals surface area contributed by atoms with Gasteiger partial charge >= 0.3 is 0 Å². The fourth-order valence-electron chi connectivity index (χ4n) is 2.61. The van der Waals surface area contributed by atoms with E-state index in [-0.39, 0.29) is 0 Å². The minimum Gasteiger partial charge on any atom is -0.468 e.